The molecule has 7 heteroatoms. The number of hydrogen-bond donors (Lipinski definition) is 3. The lowest BCUT2D eigenvalue weighted by Gasteiger charge is -2.26. The quantitative estimate of drug-likeness (QED) is 0.793. The third kappa shape index (κ3) is 3.48. The lowest BCUT2D eigenvalue weighted by Crippen LogP contribution is -2.40. The number of nitrogens with zero attached hydrogens (tertiary/aromatic N) is 1. The highest BCUT2D eigenvalue weighted by molar-refractivity contribution is 6.35. The number of imidazole rings is 1. The molecule has 0 bridgehead atoms. The van der Waals surface area contributed by atoms with E-state index >= 15 is 0 Å². The van der Waals surface area contributed by atoms with Crippen molar-refractivity contribution in [1.29, 1.82) is 0 Å². The summed E-state index contributed by atoms with van der Waals surface area (Å²) in [6.07, 6.45) is 1.71. The zero-order valence-electron chi connectivity index (χ0n) is 11.6. The van der Waals surface area contributed by atoms with Crippen LogP contribution in [0, 0.1) is 5.92 Å². The molecule has 1 aromatic carbocycles. The first kappa shape index (κ1) is 16.1. The number of aromatic amines is 1. The van der Waals surface area contributed by atoms with E-state index in [0.717, 1.165) is 24.9 Å². The van der Waals surface area contributed by atoms with E-state index in [9.17, 15) is 4.79 Å². The van der Waals surface area contributed by atoms with E-state index in [1.165, 1.54) is 0 Å². The van der Waals surface area contributed by atoms with Gasteiger partial charge in [-0.3, -0.25) is 10.1 Å². The van der Waals surface area contributed by atoms with Gasteiger partial charge < -0.3 is 10.3 Å². The predicted octanol–water partition coefficient (Wildman–Crippen LogP) is 2.96. The summed E-state index contributed by atoms with van der Waals surface area (Å²) in [5, 5.41) is 6.77. The van der Waals surface area contributed by atoms with Crippen LogP contribution in [-0.4, -0.2) is 28.5 Å². The molecule has 2 aromatic rings. The Balaban J connectivity index is 0.00000161. The van der Waals surface area contributed by atoms with Crippen molar-refractivity contribution in [2.24, 2.45) is 5.92 Å². The molecule has 0 unspecified atom stereocenters. The van der Waals surface area contributed by atoms with Gasteiger partial charge in [-0.1, -0.05) is 17.7 Å². The maximum Gasteiger partial charge on any atom is 0.229 e. The van der Waals surface area contributed by atoms with Gasteiger partial charge in [0.1, 0.15) is 5.52 Å². The van der Waals surface area contributed by atoms with Crippen molar-refractivity contribution in [3.05, 3.63) is 23.2 Å². The van der Waals surface area contributed by atoms with Crippen molar-refractivity contribution in [2.45, 2.75) is 25.8 Å². The number of carbonyl (C=O) groups excluding carboxylic acids is 1. The minimum atomic E-state index is 0. The lowest BCUT2D eigenvalue weighted by molar-refractivity contribution is -0.120. The van der Waals surface area contributed by atoms with Crippen LogP contribution in [0.15, 0.2) is 18.2 Å². The monoisotopic (exact) mass is 328 g/mol. The maximum absolute atomic E-state index is 12.2. The van der Waals surface area contributed by atoms with E-state index in [-0.39, 0.29) is 24.2 Å². The molecule has 0 saturated carbocycles. The van der Waals surface area contributed by atoms with Crippen molar-refractivity contribution >= 4 is 46.9 Å². The number of nitrogens with one attached hydrogen (secondary N) is 3. The molecule has 21 heavy (non-hydrogen) atoms. The number of benzene rings is 1. The van der Waals surface area contributed by atoms with Crippen LogP contribution in [0.3, 0.4) is 0 Å². The Hall–Kier alpha value is -1.30. The van der Waals surface area contributed by atoms with Crippen LogP contribution < -0.4 is 10.6 Å². The largest absolute Gasteiger partial charge is 0.324 e. The number of rotatable bonds is 2. The number of H-pyrrole nitrogens is 1. The molecule has 0 aliphatic carbocycles. The molecular formula is C14H18Cl2N4O. The van der Waals surface area contributed by atoms with E-state index < -0.39 is 0 Å². The first-order chi connectivity index (χ1) is 9.63. The molecule has 0 radical (unpaired) electrons. The van der Waals surface area contributed by atoms with E-state index in [0.29, 0.717) is 22.5 Å². The van der Waals surface area contributed by atoms with Crippen molar-refractivity contribution < 1.29 is 4.79 Å². The summed E-state index contributed by atoms with van der Waals surface area (Å²) in [6.45, 7) is 2.98. The third-order valence-electron chi connectivity index (χ3n) is 3.70. The number of fused-ring (bicyclic) bond motifs is 1. The molecule has 2 atom stereocenters. The van der Waals surface area contributed by atoms with E-state index in [4.69, 9.17) is 11.6 Å². The molecule has 2 heterocycles. The minimum Gasteiger partial charge on any atom is -0.324 e. The van der Waals surface area contributed by atoms with Crippen LogP contribution in [0.2, 0.25) is 5.02 Å². The maximum atomic E-state index is 12.2. The van der Waals surface area contributed by atoms with Gasteiger partial charge in [0.15, 0.2) is 0 Å². The Morgan fingerprint density at radius 1 is 1.48 bits per heavy atom. The lowest BCUT2D eigenvalue weighted by atomic mass is 9.92. The Kier molecular flexibility index (Phi) is 5.08. The molecule has 1 amide bonds. The Morgan fingerprint density at radius 2 is 2.29 bits per heavy atom. The standard InChI is InChI=1S/C14H17ClN4O.ClH/c1-8-7-9(5-6-16-8)13(20)19-14-17-11-4-2-3-10(15)12(11)18-14;/h2-4,8-9,16H,5-7H2,1H3,(H2,17,18,19,20);1H/t8-,9-;/m0./s1. The molecule has 1 aromatic heterocycles. The number of anilines is 1. The van der Waals surface area contributed by atoms with Crippen molar-refractivity contribution in [3.63, 3.8) is 0 Å². The summed E-state index contributed by atoms with van der Waals surface area (Å²) in [5.74, 6) is 0.521. The normalized spacial score (nSPS) is 21.8. The van der Waals surface area contributed by atoms with Gasteiger partial charge in [0.05, 0.1) is 10.5 Å². The van der Waals surface area contributed by atoms with Gasteiger partial charge in [0.2, 0.25) is 11.9 Å². The fourth-order valence-corrected chi connectivity index (χ4v) is 2.86. The second-order valence-corrected chi connectivity index (χ2v) is 5.69. The van der Waals surface area contributed by atoms with Crippen LogP contribution in [0.5, 0.6) is 0 Å². The number of aromatic nitrogens is 2. The van der Waals surface area contributed by atoms with Gasteiger partial charge in [0.25, 0.3) is 0 Å². The molecule has 1 aliphatic heterocycles. The molecule has 0 spiro atoms. The second-order valence-electron chi connectivity index (χ2n) is 5.29. The summed E-state index contributed by atoms with van der Waals surface area (Å²) in [4.78, 5) is 19.6. The zero-order chi connectivity index (χ0) is 14.1. The van der Waals surface area contributed by atoms with Crippen LogP contribution in [0.25, 0.3) is 11.0 Å². The average molecular weight is 329 g/mol. The van der Waals surface area contributed by atoms with Crippen molar-refractivity contribution in [2.75, 3.05) is 11.9 Å². The number of carbonyl (C=O) groups is 1. The van der Waals surface area contributed by atoms with Gasteiger partial charge >= 0.3 is 0 Å². The summed E-state index contributed by atoms with van der Waals surface area (Å²) < 4.78 is 0. The molecule has 1 fully saturated rings. The van der Waals surface area contributed by atoms with Crippen molar-refractivity contribution in [3.8, 4) is 0 Å². The zero-order valence-corrected chi connectivity index (χ0v) is 13.2. The Morgan fingerprint density at radius 3 is 3.00 bits per heavy atom. The number of hydrogen-bond acceptors (Lipinski definition) is 3. The number of amides is 1. The highest BCUT2D eigenvalue weighted by Crippen LogP contribution is 2.23. The molecule has 3 N–H and O–H groups in total. The second kappa shape index (κ2) is 6.64. The Labute approximate surface area is 134 Å². The van der Waals surface area contributed by atoms with Crippen LogP contribution in [-0.2, 0) is 4.79 Å². The molecule has 114 valence electrons. The molecule has 1 saturated heterocycles. The van der Waals surface area contributed by atoms with Crippen LogP contribution in [0.1, 0.15) is 19.8 Å². The summed E-state index contributed by atoms with van der Waals surface area (Å²) in [5.41, 5.74) is 1.51. The third-order valence-corrected chi connectivity index (χ3v) is 4.00. The predicted molar refractivity (Wildman–Crippen MR) is 87.2 cm³/mol. The van der Waals surface area contributed by atoms with Gasteiger partial charge in [-0.05, 0) is 38.4 Å². The van der Waals surface area contributed by atoms with Crippen LogP contribution in [0.4, 0.5) is 5.95 Å². The minimum absolute atomic E-state index is 0. The van der Waals surface area contributed by atoms with E-state index in [2.05, 4.69) is 27.5 Å². The molecular weight excluding hydrogens is 311 g/mol. The van der Waals surface area contributed by atoms with E-state index in [1.807, 2.05) is 12.1 Å². The molecule has 5 nitrogen and oxygen atoms in total. The van der Waals surface area contributed by atoms with Gasteiger partial charge in [-0.2, -0.15) is 0 Å². The number of halogens is 2. The fourth-order valence-electron chi connectivity index (χ4n) is 2.65. The first-order valence-electron chi connectivity index (χ1n) is 6.82. The van der Waals surface area contributed by atoms with Crippen molar-refractivity contribution in [1.82, 2.24) is 15.3 Å². The first-order valence-corrected chi connectivity index (χ1v) is 7.20. The number of para-hydroxylation sites is 1. The van der Waals surface area contributed by atoms with Gasteiger partial charge in [-0.25, -0.2) is 4.98 Å². The van der Waals surface area contributed by atoms with E-state index in [1.54, 1.807) is 6.07 Å². The van der Waals surface area contributed by atoms with Gasteiger partial charge in [-0.15, -0.1) is 12.4 Å². The number of piperidine rings is 1. The summed E-state index contributed by atoms with van der Waals surface area (Å²) in [6, 6.07) is 5.90. The SMILES string of the molecule is C[C@H]1C[C@@H](C(=O)Nc2nc3c(Cl)cccc3[nH]2)CCN1.Cl. The Bertz CT molecular complexity index is 643. The van der Waals surface area contributed by atoms with Gasteiger partial charge in [0, 0.05) is 12.0 Å². The highest BCUT2D eigenvalue weighted by atomic mass is 35.5. The average Bonchev–Trinajstić information content (AvgIpc) is 2.83. The smallest absolute Gasteiger partial charge is 0.229 e. The van der Waals surface area contributed by atoms with Crippen LogP contribution >= 0.6 is 24.0 Å². The summed E-state index contributed by atoms with van der Waals surface area (Å²) >= 11 is 6.07. The fraction of sp³-hybridized carbons (Fsp3) is 0.429. The summed E-state index contributed by atoms with van der Waals surface area (Å²) in [7, 11) is 0. The molecule has 3 rings (SSSR count). The highest BCUT2D eigenvalue weighted by Gasteiger charge is 2.25. The topological polar surface area (TPSA) is 69.8 Å². The molecule has 1 aliphatic rings.